The predicted octanol–water partition coefficient (Wildman–Crippen LogP) is 7.63. The van der Waals surface area contributed by atoms with Gasteiger partial charge >= 0.3 is 0 Å². The second-order valence-electron chi connectivity index (χ2n) is 14.2. The fourth-order valence-corrected chi connectivity index (χ4v) is 5.97. The number of aromatic nitrogens is 1. The van der Waals surface area contributed by atoms with Crippen molar-refractivity contribution < 1.29 is 9.90 Å². The Morgan fingerprint density at radius 3 is 1.97 bits per heavy atom. The summed E-state index contributed by atoms with van der Waals surface area (Å²) >= 11 is 0. The molecule has 4 rings (SSSR count). The van der Waals surface area contributed by atoms with Gasteiger partial charge in [0.05, 0.1) is 11.2 Å². The summed E-state index contributed by atoms with van der Waals surface area (Å²) in [7, 11) is 0. The van der Waals surface area contributed by atoms with Crippen LogP contribution in [-0.4, -0.2) is 39.2 Å². The Hall–Kier alpha value is -2.07. The Balaban J connectivity index is 1.81. The van der Waals surface area contributed by atoms with E-state index in [1.54, 1.807) is 0 Å². The van der Waals surface area contributed by atoms with Crippen LogP contribution in [0.25, 0.3) is 11.3 Å². The average Bonchev–Trinajstić information content (AvgIpc) is 3.14. The minimum Gasteiger partial charge on any atom is -0.390 e. The van der Waals surface area contributed by atoms with E-state index in [9.17, 15) is 9.90 Å². The molecule has 1 aliphatic heterocycles. The first-order valence-electron chi connectivity index (χ1n) is 14.5. The monoisotopic (exact) mass is 506 g/mol. The molecule has 4 heteroatoms. The van der Waals surface area contributed by atoms with Crippen LogP contribution in [0.5, 0.6) is 0 Å². The van der Waals surface area contributed by atoms with Crippen LogP contribution in [0.4, 0.5) is 0 Å². The largest absolute Gasteiger partial charge is 0.390 e. The number of likely N-dealkylation sites (tertiary alicyclic amines) is 1. The Bertz CT molecular complexity index is 1080. The summed E-state index contributed by atoms with van der Waals surface area (Å²) in [6.07, 6.45) is 7.79. The number of amides is 1. The number of carbonyl (C=O) groups is 1. The van der Waals surface area contributed by atoms with Crippen molar-refractivity contribution in [1.82, 2.24) is 9.47 Å². The molecule has 1 aromatic carbocycles. The topological polar surface area (TPSA) is 45.5 Å². The summed E-state index contributed by atoms with van der Waals surface area (Å²) in [5.74, 6) is 0.777. The summed E-state index contributed by atoms with van der Waals surface area (Å²) in [6.45, 7) is 19.9. The van der Waals surface area contributed by atoms with Crippen LogP contribution >= 0.6 is 0 Å². The van der Waals surface area contributed by atoms with Crippen molar-refractivity contribution in [1.29, 1.82) is 0 Å². The zero-order valence-electron chi connectivity index (χ0n) is 24.7. The van der Waals surface area contributed by atoms with Gasteiger partial charge in [-0.15, -0.1) is 0 Å². The molecule has 2 aliphatic rings. The van der Waals surface area contributed by atoms with Gasteiger partial charge < -0.3 is 14.6 Å². The van der Waals surface area contributed by atoms with Gasteiger partial charge in [0.2, 0.25) is 0 Å². The Labute approximate surface area is 225 Å². The molecule has 1 amide bonds. The number of rotatable bonds is 4. The fraction of sp³-hybridized carbons (Fsp3) is 0.667. The molecular formula is C33H50N2O2. The average molecular weight is 507 g/mol. The quantitative estimate of drug-likeness (QED) is 0.463. The lowest BCUT2D eigenvalue weighted by Gasteiger charge is -2.35. The van der Waals surface area contributed by atoms with Gasteiger partial charge in [0.15, 0.2) is 0 Å². The molecule has 204 valence electrons. The molecule has 0 radical (unpaired) electrons. The van der Waals surface area contributed by atoms with E-state index in [1.807, 2.05) is 11.8 Å². The van der Waals surface area contributed by atoms with E-state index in [2.05, 4.69) is 77.3 Å². The molecule has 1 saturated heterocycles. The van der Waals surface area contributed by atoms with Crippen molar-refractivity contribution in [3.8, 4) is 11.3 Å². The standard InChI is InChI=1S/C33H50N2O2/c1-23-28(30(36)34-16-14-33(8,37)15-17-34)21-29(35(23)22-24-12-10-9-11-13-24)25-18-26(31(2,3)4)20-27(19-25)32(5,6)7/h18-21,24,37H,9-17,22H2,1-8H3. The normalized spacial score (nSPS) is 19.3. The van der Waals surface area contributed by atoms with Crippen LogP contribution in [0.1, 0.15) is 121 Å². The molecule has 2 aromatic rings. The van der Waals surface area contributed by atoms with E-state index in [4.69, 9.17) is 0 Å². The first-order chi connectivity index (χ1) is 17.2. The lowest BCUT2D eigenvalue weighted by Crippen LogP contribution is -2.45. The molecule has 1 N–H and O–H groups in total. The summed E-state index contributed by atoms with van der Waals surface area (Å²) in [4.78, 5) is 15.7. The zero-order chi connectivity index (χ0) is 27.2. The number of hydrogen-bond donors (Lipinski definition) is 1. The highest BCUT2D eigenvalue weighted by Gasteiger charge is 2.32. The number of benzene rings is 1. The van der Waals surface area contributed by atoms with Gasteiger partial charge in [-0.05, 0) is 91.2 Å². The van der Waals surface area contributed by atoms with E-state index in [0.29, 0.717) is 31.8 Å². The minimum atomic E-state index is -0.666. The molecule has 2 heterocycles. The van der Waals surface area contributed by atoms with Crippen LogP contribution in [0.15, 0.2) is 24.3 Å². The van der Waals surface area contributed by atoms with Crippen LogP contribution in [0, 0.1) is 12.8 Å². The lowest BCUT2D eigenvalue weighted by molar-refractivity contribution is -0.00204. The maximum absolute atomic E-state index is 13.8. The number of hydrogen-bond acceptors (Lipinski definition) is 2. The van der Waals surface area contributed by atoms with Crippen molar-refractivity contribution in [3.63, 3.8) is 0 Å². The van der Waals surface area contributed by atoms with Crippen LogP contribution in [0.3, 0.4) is 0 Å². The van der Waals surface area contributed by atoms with Gasteiger partial charge in [0.1, 0.15) is 0 Å². The first-order valence-corrected chi connectivity index (χ1v) is 14.5. The third-order valence-electron chi connectivity index (χ3n) is 8.85. The van der Waals surface area contributed by atoms with Crippen LogP contribution < -0.4 is 0 Å². The Morgan fingerprint density at radius 2 is 1.46 bits per heavy atom. The third-order valence-corrected chi connectivity index (χ3v) is 8.85. The highest BCUT2D eigenvalue weighted by molar-refractivity contribution is 5.97. The molecule has 4 nitrogen and oxygen atoms in total. The summed E-state index contributed by atoms with van der Waals surface area (Å²) in [5, 5.41) is 10.4. The highest BCUT2D eigenvalue weighted by atomic mass is 16.3. The third kappa shape index (κ3) is 6.33. The van der Waals surface area contributed by atoms with E-state index in [0.717, 1.165) is 17.8 Å². The van der Waals surface area contributed by atoms with Crippen molar-refractivity contribution in [2.75, 3.05) is 13.1 Å². The van der Waals surface area contributed by atoms with Crippen molar-refractivity contribution in [2.24, 2.45) is 5.92 Å². The number of piperidine rings is 1. The van der Waals surface area contributed by atoms with Crippen LogP contribution in [-0.2, 0) is 17.4 Å². The molecular weight excluding hydrogens is 456 g/mol. The molecule has 2 fully saturated rings. The SMILES string of the molecule is Cc1c(C(=O)N2CCC(C)(O)CC2)cc(-c2cc(C(C)(C)C)cc(C(C)(C)C)c2)n1CC1CCCCC1. The molecule has 0 unspecified atom stereocenters. The summed E-state index contributed by atoms with van der Waals surface area (Å²) < 4.78 is 2.46. The number of nitrogens with zero attached hydrogens (tertiary/aromatic N) is 2. The second-order valence-corrected chi connectivity index (χ2v) is 14.2. The van der Waals surface area contributed by atoms with Gasteiger partial charge in [-0.2, -0.15) is 0 Å². The van der Waals surface area contributed by atoms with E-state index in [1.165, 1.54) is 54.5 Å². The summed E-state index contributed by atoms with van der Waals surface area (Å²) in [6, 6.07) is 9.25. The lowest BCUT2D eigenvalue weighted by atomic mass is 9.79. The van der Waals surface area contributed by atoms with E-state index < -0.39 is 5.60 Å². The number of carbonyl (C=O) groups excluding carboxylic acids is 1. The fourth-order valence-electron chi connectivity index (χ4n) is 5.97. The molecule has 0 bridgehead atoms. The number of aliphatic hydroxyl groups is 1. The molecule has 1 saturated carbocycles. The maximum atomic E-state index is 13.8. The van der Waals surface area contributed by atoms with Crippen molar-refractivity contribution in [2.45, 2.75) is 123 Å². The van der Waals surface area contributed by atoms with Crippen LogP contribution in [0.2, 0.25) is 0 Å². The van der Waals surface area contributed by atoms with Crippen molar-refractivity contribution in [3.05, 3.63) is 46.6 Å². The maximum Gasteiger partial charge on any atom is 0.255 e. The molecule has 0 atom stereocenters. The van der Waals surface area contributed by atoms with Gasteiger partial charge in [-0.25, -0.2) is 0 Å². The molecule has 1 aromatic heterocycles. The molecule has 1 aliphatic carbocycles. The van der Waals surface area contributed by atoms with Crippen molar-refractivity contribution >= 4 is 5.91 Å². The van der Waals surface area contributed by atoms with E-state index in [-0.39, 0.29) is 16.7 Å². The Morgan fingerprint density at radius 1 is 0.919 bits per heavy atom. The zero-order valence-corrected chi connectivity index (χ0v) is 24.7. The predicted molar refractivity (Wildman–Crippen MR) is 154 cm³/mol. The minimum absolute atomic E-state index is 0.0369. The van der Waals surface area contributed by atoms with Gasteiger partial charge in [0, 0.05) is 31.0 Å². The van der Waals surface area contributed by atoms with Gasteiger partial charge in [0.25, 0.3) is 5.91 Å². The smallest absolute Gasteiger partial charge is 0.255 e. The molecule has 37 heavy (non-hydrogen) atoms. The van der Waals surface area contributed by atoms with E-state index >= 15 is 0 Å². The Kier molecular flexibility index (Phi) is 7.74. The van der Waals surface area contributed by atoms with Gasteiger partial charge in [-0.1, -0.05) is 66.9 Å². The second kappa shape index (κ2) is 10.2. The van der Waals surface area contributed by atoms with Gasteiger partial charge in [-0.3, -0.25) is 4.79 Å². The summed E-state index contributed by atoms with van der Waals surface area (Å²) in [5.41, 5.74) is 6.38. The molecule has 0 spiro atoms. The first kappa shape index (κ1) is 28.0. The highest BCUT2D eigenvalue weighted by Crippen LogP contribution is 2.37.